The summed E-state index contributed by atoms with van der Waals surface area (Å²) < 4.78 is 10.7. The molecule has 1 unspecified atom stereocenters. The molecular formula is C21H16ClNO5S. The Hall–Kier alpha value is -3.03. The fourth-order valence-electron chi connectivity index (χ4n) is 3.37. The van der Waals surface area contributed by atoms with E-state index in [9.17, 15) is 14.7 Å². The van der Waals surface area contributed by atoms with Crippen molar-refractivity contribution < 1.29 is 23.8 Å². The summed E-state index contributed by atoms with van der Waals surface area (Å²) in [5.74, 6) is -0.928. The lowest BCUT2D eigenvalue weighted by Crippen LogP contribution is -2.28. The van der Waals surface area contributed by atoms with Gasteiger partial charge in [-0.05, 0) is 41.8 Å². The van der Waals surface area contributed by atoms with E-state index in [1.807, 2.05) is 17.5 Å². The van der Waals surface area contributed by atoms with Gasteiger partial charge >= 0.3 is 0 Å². The number of thiophene rings is 1. The van der Waals surface area contributed by atoms with Crippen molar-refractivity contribution in [3.63, 3.8) is 0 Å². The van der Waals surface area contributed by atoms with Crippen molar-refractivity contribution >= 4 is 40.4 Å². The molecule has 6 nitrogen and oxygen atoms in total. The number of aliphatic hydroxyl groups excluding tert-OH is 1. The highest BCUT2D eigenvalue weighted by Gasteiger charge is 2.47. The van der Waals surface area contributed by atoms with Gasteiger partial charge in [0.05, 0.1) is 31.1 Å². The number of Topliss-reactive ketones (excluding diaryl/α,β-unsaturated/α-hetero) is 1. The van der Waals surface area contributed by atoms with E-state index in [4.69, 9.17) is 20.8 Å². The van der Waals surface area contributed by atoms with Crippen molar-refractivity contribution in [2.24, 2.45) is 0 Å². The van der Waals surface area contributed by atoms with Gasteiger partial charge in [0.2, 0.25) is 0 Å². The number of benzene rings is 1. The van der Waals surface area contributed by atoms with Crippen LogP contribution >= 0.6 is 22.9 Å². The molecule has 2 aromatic heterocycles. The third-order valence-corrected chi connectivity index (χ3v) is 5.84. The summed E-state index contributed by atoms with van der Waals surface area (Å²) in [6.45, 7) is 0.101. The molecule has 1 aromatic carbocycles. The van der Waals surface area contributed by atoms with Crippen LogP contribution in [0.2, 0.25) is 5.02 Å². The highest BCUT2D eigenvalue weighted by molar-refractivity contribution is 7.10. The zero-order valence-corrected chi connectivity index (χ0v) is 16.9. The van der Waals surface area contributed by atoms with Crippen LogP contribution < -0.4 is 4.74 Å². The number of rotatable bonds is 5. The third kappa shape index (κ3) is 3.43. The Morgan fingerprint density at radius 2 is 2.10 bits per heavy atom. The molecule has 1 saturated heterocycles. The van der Waals surface area contributed by atoms with Crippen molar-refractivity contribution in [3.05, 3.63) is 80.9 Å². The standard InChI is InChI=1S/C21H16ClNO5S/c1-27-15-7-6-12(22)10-14(15)19(24)17-18(16-5-3-9-29-16)23(21(26)20(17)25)11-13-4-2-8-28-13/h2-10,18,24H,11H2,1H3/b19-17-. The highest BCUT2D eigenvalue weighted by atomic mass is 35.5. The number of aliphatic hydroxyl groups is 1. The minimum Gasteiger partial charge on any atom is -0.507 e. The second kappa shape index (κ2) is 7.77. The third-order valence-electron chi connectivity index (χ3n) is 4.68. The number of ether oxygens (including phenoxy) is 1. The van der Waals surface area contributed by atoms with E-state index in [1.165, 1.54) is 35.7 Å². The highest BCUT2D eigenvalue weighted by Crippen LogP contribution is 2.43. The molecule has 3 heterocycles. The summed E-state index contributed by atoms with van der Waals surface area (Å²) in [6.07, 6.45) is 1.50. The van der Waals surface area contributed by atoms with Gasteiger partial charge in [-0.25, -0.2) is 0 Å². The summed E-state index contributed by atoms with van der Waals surface area (Å²) >= 11 is 7.48. The number of ketones is 1. The fraction of sp³-hybridized carbons (Fsp3) is 0.143. The van der Waals surface area contributed by atoms with Crippen LogP contribution in [-0.4, -0.2) is 28.8 Å². The molecule has 1 N–H and O–H groups in total. The van der Waals surface area contributed by atoms with E-state index in [0.717, 1.165) is 4.88 Å². The van der Waals surface area contributed by atoms with Crippen LogP contribution in [0.5, 0.6) is 5.75 Å². The number of nitrogens with zero attached hydrogens (tertiary/aromatic N) is 1. The molecule has 1 amide bonds. The molecule has 148 valence electrons. The van der Waals surface area contributed by atoms with E-state index in [1.54, 1.807) is 24.3 Å². The minimum atomic E-state index is -0.769. The van der Waals surface area contributed by atoms with Crippen LogP contribution in [0.15, 0.2) is 64.1 Å². The first kappa shape index (κ1) is 19.3. The minimum absolute atomic E-state index is 0.00965. The molecule has 29 heavy (non-hydrogen) atoms. The molecule has 0 saturated carbocycles. The van der Waals surface area contributed by atoms with E-state index in [2.05, 4.69) is 0 Å². The maximum atomic E-state index is 12.9. The summed E-state index contributed by atoms with van der Waals surface area (Å²) in [4.78, 5) is 27.9. The van der Waals surface area contributed by atoms with Gasteiger partial charge in [-0.1, -0.05) is 17.7 Å². The zero-order chi connectivity index (χ0) is 20.5. The second-order valence-corrected chi connectivity index (χ2v) is 7.78. The lowest BCUT2D eigenvalue weighted by Gasteiger charge is -2.23. The molecule has 3 aromatic rings. The zero-order valence-electron chi connectivity index (χ0n) is 15.3. The van der Waals surface area contributed by atoms with E-state index >= 15 is 0 Å². The van der Waals surface area contributed by atoms with Gasteiger partial charge < -0.3 is 19.2 Å². The van der Waals surface area contributed by atoms with Crippen molar-refractivity contribution in [2.45, 2.75) is 12.6 Å². The SMILES string of the molecule is COc1ccc(Cl)cc1/C(O)=C1/C(=O)C(=O)N(Cc2ccco2)C1c1cccs1. The first-order valence-electron chi connectivity index (χ1n) is 8.69. The van der Waals surface area contributed by atoms with Gasteiger partial charge in [-0.15, -0.1) is 11.3 Å². The summed E-state index contributed by atoms with van der Waals surface area (Å²) in [7, 11) is 1.45. The molecule has 4 rings (SSSR count). The molecule has 1 fully saturated rings. The average Bonchev–Trinajstić information content (AvgIpc) is 3.46. The number of halogens is 1. The first-order valence-corrected chi connectivity index (χ1v) is 9.95. The van der Waals surface area contributed by atoms with E-state index in [-0.39, 0.29) is 23.4 Å². The van der Waals surface area contributed by atoms with Crippen molar-refractivity contribution in [1.29, 1.82) is 0 Å². The molecule has 0 bridgehead atoms. The van der Waals surface area contributed by atoms with Crippen molar-refractivity contribution in [3.8, 4) is 5.75 Å². The predicted octanol–water partition coefficient (Wildman–Crippen LogP) is 4.63. The lowest BCUT2D eigenvalue weighted by atomic mass is 9.99. The van der Waals surface area contributed by atoms with E-state index < -0.39 is 17.7 Å². The Balaban J connectivity index is 1.89. The monoisotopic (exact) mass is 429 g/mol. The number of carbonyl (C=O) groups is 2. The fourth-order valence-corrected chi connectivity index (χ4v) is 4.38. The van der Waals surface area contributed by atoms with Crippen molar-refractivity contribution in [2.75, 3.05) is 7.11 Å². The van der Waals surface area contributed by atoms with Gasteiger partial charge in [-0.2, -0.15) is 0 Å². The molecule has 1 aliphatic heterocycles. The number of carbonyl (C=O) groups excluding carboxylic acids is 2. The Bertz CT molecular complexity index is 1090. The molecule has 1 aliphatic rings. The summed E-state index contributed by atoms with van der Waals surface area (Å²) in [6, 6.07) is 11.0. The average molecular weight is 430 g/mol. The number of hydrogen-bond donors (Lipinski definition) is 1. The van der Waals surface area contributed by atoms with Gasteiger partial charge in [0.1, 0.15) is 23.3 Å². The maximum Gasteiger partial charge on any atom is 0.296 e. The molecular weight excluding hydrogens is 414 g/mol. The maximum absolute atomic E-state index is 12.9. The normalized spacial score (nSPS) is 18.4. The van der Waals surface area contributed by atoms with Crippen LogP contribution in [0, 0.1) is 0 Å². The molecule has 8 heteroatoms. The molecule has 0 radical (unpaired) electrons. The van der Waals surface area contributed by atoms with Gasteiger partial charge in [0.15, 0.2) is 0 Å². The second-order valence-electron chi connectivity index (χ2n) is 6.37. The van der Waals surface area contributed by atoms with Crippen LogP contribution in [0.25, 0.3) is 5.76 Å². The van der Waals surface area contributed by atoms with E-state index in [0.29, 0.717) is 16.5 Å². The van der Waals surface area contributed by atoms with Gasteiger partial charge in [0, 0.05) is 9.90 Å². The van der Waals surface area contributed by atoms with Crippen LogP contribution in [-0.2, 0) is 16.1 Å². The summed E-state index contributed by atoms with van der Waals surface area (Å²) in [5, 5.41) is 13.3. The topological polar surface area (TPSA) is 80.0 Å². The predicted molar refractivity (Wildman–Crippen MR) is 109 cm³/mol. The summed E-state index contributed by atoms with van der Waals surface area (Å²) in [5.41, 5.74) is 0.238. The number of furan rings is 1. The smallest absolute Gasteiger partial charge is 0.296 e. The largest absolute Gasteiger partial charge is 0.507 e. The van der Waals surface area contributed by atoms with Gasteiger partial charge in [-0.3, -0.25) is 9.59 Å². The Morgan fingerprint density at radius 3 is 2.76 bits per heavy atom. The molecule has 0 aliphatic carbocycles. The van der Waals surface area contributed by atoms with Crippen molar-refractivity contribution in [1.82, 2.24) is 4.90 Å². The Labute approximate surface area is 175 Å². The number of likely N-dealkylation sites (tertiary alicyclic amines) is 1. The van der Waals surface area contributed by atoms with Crippen LogP contribution in [0.1, 0.15) is 22.2 Å². The lowest BCUT2D eigenvalue weighted by molar-refractivity contribution is -0.140. The Morgan fingerprint density at radius 1 is 1.28 bits per heavy atom. The van der Waals surface area contributed by atoms with Crippen LogP contribution in [0.4, 0.5) is 0 Å². The number of hydrogen-bond acceptors (Lipinski definition) is 6. The van der Waals surface area contributed by atoms with Gasteiger partial charge in [0.25, 0.3) is 11.7 Å². The Kier molecular flexibility index (Phi) is 5.17. The molecule has 1 atom stereocenters. The number of methoxy groups -OCH3 is 1. The first-order chi connectivity index (χ1) is 14.0. The van der Waals surface area contributed by atoms with Crippen LogP contribution in [0.3, 0.4) is 0 Å². The quantitative estimate of drug-likeness (QED) is 0.363. The molecule has 0 spiro atoms. The number of amides is 1.